The van der Waals surface area contributed by atoms with Crippen LogP contribution in [0.4, 0.5) is 0 Å². The van der Waals surface area contributed by atoms with Crippen molar-refractivity contribution in [3.05, 3.63) is 29.8 Å². The first-order chi connectivity index (χ1) is 12.0. The molecule has 0 saturated heterocycles. The molecule has 0 radical (unpaired) electrons. The molecule has 5 heteroatoms. The van der Waals surface area contributed by atoms with E-state index in [1.807, 2.05) is 52.0 Å². The molecule has 1 aromatic carbocycles. The standard InChI is InChI=1S/C20H32N2O3/c1-5-8-14-20(24,15-9-6-2)19(23)22-21-16(4)17-10-12-18(13-11-17)25-7-3/h10-13,24H,5-9,14-15H2,1-4H3,(H,22,23)/b21-16-. The van der Waals surface area contributed by atoms with E-state index in [4.69, 9.17) is 4.74 Å². The molecule has 1 rings (SSSR count). The predicted molar refractivity (Wildman–Crippen MR) is 102 cm³/mol. The maximum atomic E-state index is 12.5. The number of nitrogens with zero attached hydrogens (tertiary/aromatic N) is 1. The Hall–Kier alpha value is -1.88. The molecule has 0 bridgehead atoms. The number of benzene rings is 1. The number of hydrogen-bond donors (Lipinski definition) is 2. The van der Waals surface area contributed by atoms with Gasteiger partial charge in [-0.2, -0.15) is 5.10 Å². The summed E-state index contributed by atoms with van der Waals surface area (Å²) in [6, 6.07) is 7.55. The monoisotopic (exact) mass is 348 g/mol. The number of carbonyl (C=O) groups is 1. The normalized spacial score (nSPS) is 12.1. The second kappa shape index (κ2) is 10.9. The molecule has 25 heavy (non-hydrogen) atoms. The highest BCUT2D eigenvalue weighted by molar-refractivity contribution is 5.99. The third-order valence-corrected chi connectivity index (χ3v) is 4.22. The van der Waals surface area contributed by atoms with Crippen LogP contribution in [-0.4, -0.2) is 28.9 Å². The molecule has 1 amide bonds. The highest BCUT2D eigenvalue weighted by atomic mass is 16.5. The average Bonchev–Trinajstić information content (AvgIpc) is 2.63. The lowest BCUT2D eigenvalue weighted by Crippen LogP contribution is -2.45. The van der Waals surface area contributed by atoms with Crippen LogP contribution in [0.1, 0.15) is 71.8 Å². The molecule has 0 spiro atoms. The molecule has 0 aliphatic carbocycles. The number of unbranched alkanes of at least 4 members (excludes halogenated alkanes) is 2. The van der Waals surface area contributed by atoms with Crippen molar-refractivity contribution in [2.45, 2.75) is 71.8 Å². The highest BCUT2D eigenvalue weighted by Gasteiger charge is 2.34. The lowest BCUT2D eigenvalue weighted by Gasteiger charge is -2.25. The van der Waals surface area contributed by atoms with E-state index in [-0.39, 0.29) is 0 Å². The number of amides is 1. The van der Waals surface area contributed by atoms with Crippen molar-refractivity contribution in [2.24, 2.45) is 5.10 Å². The molecule has 2 N–H and O–H groups in total. The number of hydrazone groups is 1. The van der Waals surface area contributed by atoms with E-state index in [2.05, 4.69) is 10.5 Å². The molecule has 0 aromatic heterocycles. The van der Waals surface area contributed by atoms with Gasteiger partial charge in [0.2, 0.25) is 0 Å². The Morgan fingerprint density at radius 2 is 1.68 bits per heavy atom. The summed E-state index contributed by atoms with van der Waals surface area (Å²) in [6.07, 6.45) is 4.44. The van der Waals surface area contributed by atoms with E-state index in [0.29, 0.717) is 25.2 Å². The second-order valence-corrected chi connectivity index (χ2v) is 6.33. The van der Waals surface area contributed by atoms with Crippen LogP contribution in [0.3, 0.4) is 0 Å². The van der Waals surface area contributed by atoms with E-state index < -0.39 is 11.5 Å². The third kappa shape index (κ3) is 6.86. The highest BCUT2D eigenvalue weighted by Crippen LogP contribution is 2.22. The lowest BCUT2D eigenvalue weighted by atomic mass is 9.90. The lowest BCUT2D eigenvalue weighted by molar-refractivity contribution is -0.141. The summed E-state index contributed by atoms with van der Waals surface area (Å²) in [5.41, 5.74) is 2.79. The Kier molecular flexibility index (Phi) is 9.21. The van der Waals surface area contributed by atoms with Crippen molar-refractivity contribution in [2.75, 3.05) is 6.61 Å². The van der Waals surface area contributed by atoms with Gasteiger partial charge in [-0.25, -0.2) is 5.43 Å². The van der Waals surface area contributed by atoms with Crippen LogP contribution < -0.4 is 10.2 Å². The van der Waals surface area contributed by atoms with E-state index in [1.165, 1.54) is 0 Å². The first kappa shape index (κ1) is 21.2. The first-order valence-corrected chi connectivity index (χ1v) is 9.27. The van der Waals surface area contributed by atoms with Crippen molar-refractivity contribution < 1.29 is 14.6 Å². The molecular weight excluding hydrogens is 316 g/mol. The molecule has 5 nitrogen and oxygen atoms in total. The van der Waals surface area contributed by atoms with E-state index in [0.717, 1.165) is 37.0 Å². The molecular formula is C20H32N2O3. The number of rotatable bonds is 11. The van der Waals surface area contributed by atoms with Gasteiger partial charge < -0.3 is 9.84 Å². The number of hydrogen-bond acceptors (Lipinski definition) is 4. The van der Waals surface area contributed by atoms with Gasteiger partial charge in [0, 0.05) is 0 Å². The fraction of sp³-hybridized carbons (Fsp3) is 0.600. The van der Waals surface area contributed by atoms with Gasteiger partial charge in [-0.15, -0.1) is 0 Å². The average molecular weight is 348 g/mol. The fourth-order valence-electron chi connectivity index (χ4n) is 2.55. The zero-order valence-corrected chi connectivity index (χ0v) is 16.0. The first-order valence-electron chi connectivity index (χ1n) is 9.27. The fourth-order valence-corrected chi connectivity index (χ4v) is 2.55. The summed E-state index contributed by atoms with van der Waals surface area (Å²) >= 11 is 0. The van der Waals surface area contributed by atoms with Crippen molar-refractivity contribution in [1.29, 1.82) is 0 Å². The smallest absolute Gasteiger partial charge is 0.271 e. The Labute approximate surface area is 151 Å². The van der Waals surface area contributed by atoms with E-state index in [9.17, 15) is 9.90 Å². The minimum atomic E-state index is -1.34. The molecule has 0 unspecified atom stereocenters. The minimum Gasteiger partial charge on any atom is -0.494 e. The quantitative estimate of drug-likeness (QED) is 0.468. The SMILES string of the molecule is CCCCC(O)(CCCC)C(=O)N/N=C(/C)c1ccc(OCC)cc1. The molecule has 0 fully saturated rings. The minimum absolute atomic E-state index is 0.417. The Morgan fingerprint density at radius 3 is 2.16 bits per heavy atom. The zero-order valence-electron chi connectivity index (χ0n) is 16.0. The van der Waals surface area contributed by atoms with Crippen LogP contribution >= 0.6 is 0 Å². The van der Waals surface area contributed by atoms with Crippen molar-refractivity contribution in [1.82, 2.24) is 5.43 Å². The molecule has 140 valence electrons. The maximum Gasteiger partial charge on any atom is 0.271 e. The van der Waals surface area contributed by atoms with Gasteiger partial charge in [0.05, 0.1) is 12.3 Å². The Morgan fingerprint density at radius 1 is 1.12 bits per heavy atom. The number of nitrogens with one attached hydrogen (secondary N) is 1. The van der Waals surface area contributed by atoms with E-state index in [1.54, 1.807) is 0 Å². The van der Waals surface area contributed by atoms with Crippen LogP contribution in [0.5, 0.6) is 5.75 Å². The summed E-state index contributed by atoms with van der Waals surface area (Å²) in [5.74, 6) is 0.385. The van der Waals surface area contributed by atoms with Crippen LogP contribution in [-0.2, 0) is 4.79 Å². The van der Waals surface area contributed by atoms with Gasteiger partial charge in [-0.05, 0) is 56.5 Å². The molecule has 0 aliphatic rings. The zero-order chi connectivity index (χ0) is 18.7. The van der Waals surface area contributed by atoms with Crippen LogP contribution in [0.25, 0.3) is 0 Å². The van der Waals surface area contributed by atoms with Gasteiger partial charge in [0.15, 0.2) is 0 Å². The largest absolute Gasteiger partial charge is 0.494 e. The summed E-state index contributed by atoms with van der Waals surface area (Å²) in [5, 5.41) is 14.9. The van der Waals surface area contributed by atoms with Gasteiger partial charge in [-0.3, -0.25) is 4.79 Å². The second-order valence-electron chi connectivity index (χ2n) is 6.33. The summed E-state index contributed by atoms with van der Waals surface area (Å²) in [7, 11) is 0. The molecule has 0 aliphatic heterocycles. The van der Waals surface area contributed by atoms with Crippen molar-refractivity contribution >= 4 is 11.6 Å². The Bertz CT molecular complexity index is 545. The van der Waals surface area contributed by atoms with E-state index >= 15 is 0 Å². The molecule has 0 heterocycles. The van der Waals surface area contributed by atoms with Crippen molar-refractivity contribution in [3.8, 4) is 5.75 Å². The number of aliphatic hydroxyl groups is 1. The van der Waals surface area contributed by atoms with Crippen LogP contribution in [0, 0.1) is 0 Å². The molecule has 1 aromatic rings. The van der Waals surface area contributed by atoms with Crippen molar-refractivity contribution in [3.63, 3.8) is 0 Å². The summed E-state index contributed by atoms with van der Waals surface area (Å²) < 4.78 is 5.42. The molecule has 0 atom stereocenters. The molecule has 0 saturated carbocycles. The van der Waals surface area contributed by atoms with Gasteiger partial charge in [0.25, 0.3) is 5.91 Å². The van der Waals surface area contributed by atoms with Gasteiger partial charge >= 0.3 is 0 Å². The maximum absolute atomic E-state index is 12.5. The number of ether oxygens (including phenoxy) is 1. The summed E-state index contributed by atoms with van der Waals surface area (Å²) in [6.45, 7) is 8.48. The Balaban J connectivity index is 2.76. The van der Waals surface area contributed by atoms with Crippen LogP contribution in [0.15, 0.2) is 29.4 Å². The topological polar surface area (TPSA) is 70.9 Å². The van der Waals surface area contributed by atoms with Gasteiger partial charge in [-0.1, -0.05) is 39.5 Å². The predicted octanol–water partition coefficient (Wildman–Crippen LogP) is 4.04. The van der Waals surface area contributed by atoms with Crippen LogP contribution in [0.2, 0.25) is 0 Å². The summed E-state index contributed by atoms with van der Waals surface area (Å²) in [4.78, 5) is 12.5. The van der Waals surface area contributed by atoms with Gasteiger partial charge in [0.1, 0.15) is 11.4 Å². The third-order valence-electron chi connectivity index (χ3n) is 4.22. The number of carbonyl (C=O) groups excluding carboxylic acids is 1.